The average Bonchev–Trinajstić information content (AvgIpc) is 2.85. The van der Waals surface area contributed by atoms with E-state index in [0.29, 0.717) is 0 Å². The molecule has 0 aliphatic rings. The summed E-state index contributed by atoms with van der Waals surface area (Å²) < 4.78 is 0. The molecule has 0 saturated carbocycles. The molecule has 2 heterocycles. The van der Waals surface area contributed by atoms with Gasteiger partial charge in [-0.15, -0.1) is 0 Å². The fourth-order valence-corrected chi connectivity index (χ4v) is 1.78. The molecule has 0 radical (unpaired) electrons. The molecule has 0 amide bonds. The van der Waals surface area contributed by atoms with Gasteiger partial charge in [-0.05, 0) is 29.8 Å². The van der Waals surface area contributed by atoms with Crippen LogP contribution in [0.5, 0.6) is 0 Å². The number of nitrogens with one attached hydrogen (secondary N) is 1. The van der Waals surface area contributed by atoms with E-state index in [9.17, 15) is 0 Å². The third kappa shape index (κ3) is 2.11. The van der Waals surface area contributed by atoms with Crippen LogP contribution >= 0.6 is 0 Å². The van der Waals surface area contributed by atoms with Crippen LogP contribution in [0.15, 0.2) is 54.7 Å². The van der Waals surface area contributed by atoms with E-state index in [1.54, 1.807) is 0 Å². The van der Waals surface area contributed by atoms with Crippen LogP contribution in [0.1, 0.15) is 11.3 Å². The van der Waals surface area contributed by atoms with Crippen molar-refractivity contribution in [1.82, 2.24) is 9.97 Å². The summed E-state index contributed by atoms with van der Waals surface area (Å²) in [5.74, 6) is 0. The van der Waals surface area contributed by atoms with Crippen LogP contribution in [-0.2, 0) is 0 Å². The first-order valence-electron chi connectivity index (χ1n) is 5.59. The first-order chi connectivity index (χ1) is 8.42. The lowest BCUT2D eigenvalue weighted by Crippen LogP contribution is -1.81. The molecule has 1 N–H and O–H groups in total. The third-order valence-corrected chi connectivity index (χ3v) is 2.68. The number of aromatic nitrogens is 2. The molecule has 1 aromatic carbocycles. The van der Waals surface area contributed by atoms with Crippen LogP contribution in [0.4, 0.5) is 0 Å². The van der Waals surface area contributed by atoms with Crippen LogP contribution in [0.25, 0.3) is 23.2 Å². The van der Waals surface area contributed by atoms with Gasteiger partial charge in [-0.1, -0.05) is 36.4 Å². The van der Waals surface area contributed by atoms with Gasteiger partial charge in [-0.3, -0.25) is 0 Å². The van der Waals surface area contributed by atoms with Gasteiger partial charge in [0.05, 0.1) is 5.69 Å². The van der Waals surface area contributed by atoms with E-state index < -0.39 is 0 Å². The van der Waals surface area contributed by atoms with E-state index in [1.165, 1.54) is 5.56 Å². The number of fused-ring (bicyclic) bond motifs is 1. The SMILES string of the molecule is C(=C\c1ccc2cc[nH]c2n1)/c1ccccc1. The first kappa shape index (κ1) is 9.85. The number of H-pyrrole nitrogens is 1. The summed E-state index contributed by atoms with van der Waals surface area (Å²) in [5, 5.41) is 1.14. The Morgan fingerprint density at radius 2 is 1.76 bits per heavy atom. The Morgan fingerprint density at radius 3 is 2.65 bits per heavy atom. The van der Waals surface area contributed by atoms with E-state index in [4.69, 9.17) is 0 Å². The van der Waals surface area contributed by atoms with Gasteiger partial charge in [0.25, 0.3) is 0 Å². The van der Waals surface area contributed by atoms with Crippen molar-refractivity contribution < 1.29 is 0 Å². The molecule has 3 rings (SSSR count). The van der Waals surface area contributed by atoms with E-state index in [0.717, 1.165) is 16.7 Å². The number of pyridine rings is 1. The maximum absolute atomic E-state index is 4.51. The van der Waals surface area contributed by atoms with Gasteiger partial charge < -0.3 is 4.98 Å². The minimum atomic E-state index is 0.931. The zero-order valence-corrected chi connectivity index (χ0v) is 9.30. The van der Waals surface area contributed by atoms with Crippen molar-refractivity contribution >= 4 is 23.2 Å². The van der Waals surface area contributed by atoms with Gasteiger partial charge in [-0.25, -0.2) is 4.98 Å². The fourth-order valence-electron chi connectivity index (χ4n) is 1.78. The lowest BCUT2D eigenvalue weighted by Gasteiger charge is -1.94. The highest BCUT2D eigenvalue weighted by atomic mass is 14.8. The first-order valence-corrected chi connectivity index (χ1v) is 5.59. The van der Waals surface area contributed by atoms with Gasteiger partial charge in [0, 0.05) is 11.6 Å². The van der Waals surface area contributed by atoms with Crippen LogP contribution in [-0.4, -0.2) is 9.97 Å². The smallest absolute Gasteiger partial charge is 0.137 e. The predicted octanol–water partition coefficient (Wildman–Crippen LogP) is 3.73. The van der Waals surface area contributed by atoms with Crippen LogP contribution in [0, 0.1) is 0 Å². The average molecular weight is 220 g/mol. The van der Waals surface area contributed by atoms with Gasteiger partial charge in [-0.2, -0.15) is 0 Å². The van der Waals surface area contributed by atoms with Crippen LogP contribution < -0.4 is 0 Å². The molecular weight excluding hydrogens is 208 g/mol. The molecule has 3 aromatic rings. The van der Waals surface area contributed by atoms with Crippen molar-refractivity contribution in [1.29, 1.82) is 0 Å². The molecule has 0 aliphatic carbocycles. The summed E-state index contributed by atoms with van der Waals surface area (Å²) >= 11 is 0. The van der Waals surface area contributed by atoms with Crippen LogP contribution in [0.3, 0.4) is 0 Å². The second-order valence-electron chi connectivity index (χ2n) is 3.90. The molecule has 0 bridgehead atoms. The molecule has 17 heavy (non-hydrogen) atoms. The predicted molar refractivity (Wildman–Crippen MR) is 71.5 cm³/mol. The van der Waals surface area contributed by atoms with Gasteiger partial charge in [0.1, 0.15) is 5.65 Å². The summed E-state index contributed by atoms with van der Waals surface area (Å²) in [4.78, 5) is 7.62. The largest absolute Gasteiger partial charge is 0.346 e. The Kier molecular flexibility index (Phi) is 2.47. The summed E-state index contributed by atoms with van der Waals surface area (Å²) in [5.41, 5.74) is 3.07. The van der Waals surface area contributed by atoms with Gasteiger partial charge >= 0.3 is 0 Å². The monoisotopic (exact) mass is 220 g/mol. The minimum absolute atomic E-state index is 0.931. The number of hydrogen-bond acceptors (Lipinski definition) is 1. The van der Waals surface area contributed by atoms with Crippen molar-refractivity contribution in [2.45, 2.75) is 0 Å². The second-order valence-corrected chi connectivity index (χ2v) is 3.90. The normalized spacial score (nSPS) is 11.3. The number of benzene rings is 1. The van der Waals surface area contributed by atoms with Crippen molar-refractivity contribution in [3.8, 4) is 0 Å². The molecule has 0 unspecified atom stereocenters. The molecule has 0 spiro atoms. The Balaban J connectivity index is 1.92. The van der Waals surface area contributed by atoms with Crippen molar-refractivity contribution in [2.24, 2.45) is 0 Å². The highest BCUT2D eigenvalue weighted by molar-refractivity contribution is 5.78. The minimum Gasteiger partial charge on any atom is -0.346 e. The lowest BCUT2D eigenvalue weighted by atomic mass is 10.2. The number of rotatable bonds is 2. The summed E-state index contributed by atoms with van der Waals surface area (Å²) in [6.45, 7) is 0. The summed E-state index contributed by atoms with van der Waals surface area (Å²) in [7, 11) is 0. The van der Waals surface area contributed by atoms with E-state index in [1.807, 2.05) is 42.6 Å². The Hall–Kier alpha value is -2.35. The lowest BCUT2D eigenvalue weighted by molar-refractivity contribution is 1.30. The van der Waals surface area contributed by atoms with Crippen molar-refractivity contribution in [2.75, 3.05) is 0 Å². The number of aromatic amines is 1. The van der Waals surface area contributed by atoms with E-state index >= 15 is 0 Å². The molecule has 82 valence electrons. The molecule has 0 saturated heterocycles. The Bertz CT molecular complexity index is 651. The maximum atomic E-state index is 4.51. The summed E-state index contributed by atoms with van der Waals surface area (Å²) in [6, 6.07) is 16.3. The van der Waals surface area contributed by atoms with Crippen LogP contribution in [0.2, 0.25) is 0 Å². The zero-order valence-electron chi connectivity index (χ0n) is 9.30. The molecule has 2 nitrogen and oxygen atoms in total. The molecule has 0 fully saturated rings. The molecule has 2 heteroatoms. The standard InChI is InChI=1S/C15H12N2/c1-2-4-12(5-3-1)6-8-14-9-7-13-10-11-16-15(13)17-14/h1-11H,(H,16,17)/b8-6+. The third-order valence-electron chi connectivity index (χ3n) is 2.68. The molecule has 0 aliphatic heterocycles. The quantitative estimate of drug-likeness (QED) is 0.700. The highest BCUT2D eigenvalue weighted by Crippen LogP contribution is 2.12. The van der Waals surface area contributed by atoms with E-state index in [-0.39, 0.29) is 0 Å². The van der Waals surface area contributed by atoms with Crippen molar-refractivity contribution in [3.63, 3.8) is 0 Å². The van der Waals surface area contributed by atoms with E-state index in [2.05, 4.69) is 34.2 Å². The number of nitrogens with zero attached hydrogens (tertiary/aromatic N) is 1. The van der Waals surface area contributed by atoms with Gasteiger partial charge in [0.2, 0.25) is 0 Å². The Labute approximate surface area is 99.6 Å². The maximum Gasteiger partial charge on any atom is 0.137 e. The topological polar surface area (TPSA) is 28.7 Å². The second kappa shape index (κ2) is 4.26. The molecular formula is C15H12N2. The van der Waals surface area contributed by atoms with Gasteiger partial charge in [0.15, 0.2) is 0 Å². The highest BCUT2D eigenvalue weighted by Gasteiger charge is 1.95. The summed E-state index contributed by atoms with van der Waals surface area (Å²) in [6.07, 6.45) is 6.00. The zero-order chi connectivity index (χ0) is 11.5. The Morgan fingerprint density at radius 1 is 0.882 bits per heavy atom. The van der Waals surface area contributed by atoms with Crippen molar-refractivity contribution in [3.05, 3.63) is 66.0 Å². The molecule has 2 aromatic heterocycles. The number of hydrogen-bond donors (Lipinski definition) is 1. The fraction of sp³-hybridized carbons (Fsp3) is 0. The molecule has 0 atom stereocenters.